The van der Waals surface area contributed by atoms with E-state index >= 15 is 0 Å². The number of rotatable bonds is 7. The molecule has 0 saturated heterocycles. The maximum atomic E-state index is 10.0. The van der Waals surface area contributed by atoms with Crippen LogP contribution >= 0.6 is 0 Å². The van der Waals surface area contributed by atoms with E-state index in [9.17, 15) is 5.11 Å². The Morgan fingerprint density at radius 1 is 1.12 bits per heavy atom. The normalized spacial score (nSPS) is 12.4. The van der Waals surface area contributed by atoms with E-state index in [1.807, 2.05) is 42.5 Å². The summed E-state index contributed by atoms with van der Waals surface area (Å²) < 4.78 is 0. The number of hydrogen-bond donors (Lipinski definition) is 1. The second-order valence-electron chi connectivity index (χ2n) is 3.72. The third-order valence-electron chi connectivity index (χ3n) is 2.39. The lowest BCUT2D eigenvalue weighted by Crippen LogP contribution is -2.29. The highest BCUT2D eigenvalue weighted by molar-refractivity contribution is 5.17. The predicted molar refractivity (Wildman–Crippen MR) is 68.2 cm³/mol. The summed E-state index contributed by atoms with van der Waals surface area (Å²) in [5.41, 5.74) is 0.945. The van der Waals surface area contributed by atoms with Crippen LogP contribution in [0.3, 0.4) is 0 Å². The van der Waals surface area contributed by atoms with E-state index in [4.69, 9.17) is 0 Å². The van der Waals surface area contributed by atoms with Gasteiger partial charge in [-0.05, 0) is 5.56 Å². The van der Waals surface area contributed by atoms with Crippen molar-refractivity contribution >= 4 is 0 Å². The van der Waals surface area contributed by atoms with Crippen molar-refractivity contribution in [1.29, 1.82) is 0 Å². The molecule has 0 radical (unpaired) electrons. The number of aliphatic hydroxyl groups is 1. The first-order chi connectivity index (χ1) is 7.77. The van der Waals surface area contributed by atoms with Crippen LogP contribution in [0.1, 0.15) is 11.7 Å². The van der Waals surface area contributed by atoms with Gasteiger partial charge in [-0.3, -0.25) is 4.90 Å². The Labute approximate surface area is 97.5 Å². The van der Waals surface area contributed by atoms with Crippen LogP contribution in [0.15, 0.2) is 55.6 Å². The summed E-state index contributed by atoms with van der Waals surface area (Å²) in [6.45, 7) is 9.53. The van der Waals surface area contributed by atoms with Gasteiger partial charge in [0.05, 0.1) is 6.10 Å². The maximum Gasteiger partial charge on any atom is 0.0917 e. The van der Waals surface area contributed by atoms with Crippen LogP contribution in [0.4, 0.5) is 0 Å². The smallest absolute Gasteiger partial charge is 0.0917 e. The number of aliphatic hydroxyl groups excluding tert-OH is 1. The number of hydrogen-bond acceptors (Lipinski definition) is 2. The fourth-order valence-corrected chi connectivity index (χ4v) is 1.61. The quantitative estimate of drug-likeness (QED) is 0.709. The monoisotopic (exact) mass is 217 g/mol. The summed E-state index contributed by atoms with van der Waals surface area (Å²) in [6.07, 6.45) is 3.21. The van der Waals surface area contributed by atoms with Gasteiger partial charge >= 0.3 is 0 Å². The molecule has 0 spiro atoms. The van der Waals surface area contributed by atoms with Crippen molar-refractivity contribution in [3.8, 4) is 0 Å². The summed E-state index contributed by atoms with van der Waals surface area (Å²) in [7, 11) is 0. The van der Waals surface area contributed by atoms with E-state index in [1.54, 1.807) is 0 Å². The molecular weight excluding hydrogens is 198 g/mol. The Balaban J connectivity index is 2.57. The van der Waals surface area contributed by atoms with Gasteiger partial charge in [-0.25, -0.2) is 0 Å². The summed E-state index contributed by atoms with van der Waals surface area (Å²) in [5, 5.41) is 10.0. The fraction of sp³-hybridized carbons (Fsp3) is 0.286. The highest BCUT2D eigenvalue weighted by Crippen LogP contribution is 2.13. The summed E-state index contributed by atoms with van der Waals surface area (Å²) in [6, 6.07) is 9.69. The first kappa shape index (κ1) is 12.7. The van der Waals surface area contributed by atoms with Gasteiger partial charge in [-0.1, -0.05) is 42.5 Å². The van der Waals surface area contributed by atoms with Gasteiger partial charge in [0.1, 0.15) is 0 Å². The third-order valence-corrected chi connectivity index (χ3v) is 2.39. The topological polar surface area (TPSA) is 23.5 Å². The molecule has 1 N–H and O–H groups in total. The molecule has 0 saturated carbocycles. The van der Waals surface area contributed by atoms with Gasteiger partial charge in [0.2, 0.25) is 0 Å². The van der Waals surface area contributed by atoms with Crippen molar-refractivity contribution in [1.82, 2.24) is 4.90 Å². The SMILES string of the molecule is C=CCN(CC=C)C[C@H](O)c1ccccc1. The molecule has 0 bridgehead atoms. The molecule has 2 nitrogen and oxygen atoms in total. The van der Waals surface area contributed by atoms with Crippen molar-refractivity contribution in [2.75, 3.05) is 19.6 Å². The molecular formula is C14H19NO. The first-order valence-corrected chi connectivity index (χ1v) is 5.45. The van der Waals surface area contributed by atoms with Crippen LogP contribution in [0.5, 0.6) is 0 Å². The Kier molecular flexibility index (Phi) is 5.54. The molecule has 16 heavy (non-hydrogen) atoms. The van der Waals surface area contributed by atoms with E-state index in [-0.39, 0.29) is 0 Å². The van der Waals surface area contributed by atoms with Crippen molar-refractivity contribution in [2.24, 2.45) is 0 Å². The van der Waals surface area contributed by atoms with E-state index in [0.717, 1.165) is 18.7 Å². The molecule has 2 heteroatoms. The van der Waals surface area contributed by atoms with E-state index in [2.05, 4.69) is 18.1 Å². The lowest BCUT2D eigenvalue weighted by molar-refractivity contribution is 0.125. The van der Waals surface area contributed by atoms with Crippen molar-refractivity contribution in [3.05, 3.63) is 61.2 Å². The molecule has 1 aromatic carbocycles. The summed E-state index contributed by atoms with van der Waals surface area (Å²) in [4.78, 5) is 2.09. The number of benzene rings is 1. The first-order valence-electron chi connectivity index (χ1n) is 5.45. The molecule has 86 valence electrons. The molecule has 1 aromatic rings. The predicted octanol–water partition coefficient (Wildman–Crippen LogP) is 2.39. The summed E-state index contributed by atoms with van der Waals surface area (Å²) >= 11 is 0. The van der Waals surface area contributed by atoms with Crippen LogP contribution in [-0.2, 0) is 0 Å². The molecule has 0 unspecified atom stereocenters. The summed E-state index contributed by atoms with van der Waals surface area (Å²) in [5.74, 6) is 0. The van der Waals surface area contributed by atoms with Crippen molar-refractivity contribution in [3.63, 3.8) is 0 Å². The Morgan fingerprint density at radius 2 is 1.69 bits per heavy atom. The zero-order valence-electron chi connectivity index (χ0n) is 9.55. The molecule has 0 fully saturated rings. The average molecular weight is 217 g/mol. The van der Waals surface area contributed by atoms with Gasteiger partial charge in [-0.15, -0.1) is 13.2 Å². The van der Waals surface area contributed by atoms with Crippen LogP contribution in [0.2, 0.25) is 0 Å². The minimum absolute atomic E-state index is 0.457. The van der Waals surface area contributed by atoms with E-state index < -0.39 is 6.10 Å². The third kappa shape index (κ3) is 4.01. The van der Waals surface area contributed by atoms with Crippen molar-refractivity contribution in [2.45, 2.75) is 6.10 Å². The highest BCUT2D eigenvalue weighted by Gasteiger charge is 2.10. The molecule has 0 aliphatic heterocycles. The molecule has 1 rings (SSSR count). The second kappa shape index (κ2) is 6.99. The fourth-order valence-electron chi connectivity index (χ4n) is 1.61. The standard InChI is InChI=1S/C14H19NO/c1-3-10-15(11-4-2)12-14(16)13-8-6-5-7-9-13/h3-9,14,16H,1-2,10-12H2/t14-/m0/s1. The van der Waals surface area contributed by atoms with Crippen LogP contribution < -0.4 is 0 Å². The minimum Gasteiger partial charge on any atom is -0.387 e. The highest BCUT2D eigenvalue weighted by atomic mass is 16.3. The lowest BCUT2D eigenvalue weighted by atomic mass is 10.1. The van der Waals surface area contributed by atoms with Crippen LogP contribution in [0.25, 0.3) is 0 Å². The zero-order valence-corrected chi connectivity index (χ0v) is 9.55. The van der Waals surface area contributed by atoms with E-state index in [1.165, 1.54) is 0 Å². The molecule has 0 aromatic heterocycles. The molecule has 1 atom stereocenters. The Hall–Kier alpha value is -1.38. The van der Waals surface area contributed by atoms with Gasteiger partial charge < -0.3 is 5.11 Å². The molecule has 0 aliphatic carbocycles. The zero-order chi connectivity index (χ0) is 11.8. The average Bonchev–Trinajstić information content (AvgIpc) is 2.31. The van der Waals surface area contributed by atoms with Crippen molar-refractivity contribution < 1.29 is 5.11 Å². The van der Waals surface area contributed by atoms with Gasteiger partial charge in [0, 0.05) is 19.6 Å². The van der Waals surface area contributed by atoms with E-state index in [0.29, 0.717) is 6.54 Å². The van der Waals surface area contributed by atoms with Gasteiger partial charge in [-0.2, -0.15) is 0 Å². The number of nitrogens with zero attached hydrogens (tertiary/aromatic N) is 1. The largest absolute Gasteiger partial charge is 0.387 e. The lowest BCUT2D eigenvalue weighted by Gasteiger charge is -2.22. The van der Waals surface area contributed by atoms with Crippen LogP contribution in [0, 0.1) is 0 Å². The minimum atomic E-state index is -0.457. The molecule has 0 aliphatic rings. The Morgan fingerprint density at radius 3 is 2.19 bits per heavy atom. The van der Waals surface area contributed by atoms with Gasteiger partial charge in [0.25, 0.3) is 0 Å². The molecule has 0 heterocycles. The van der Waals surface area contributed by atoms with Gasteiger partial charge in [0.15, 0.2) is 0 Å². The second-order valence-corrected chi connectivity index (χ2v) is 3.72. The molecule has 0 amide bonds. The maximum absolute atomic E-state index is 10.0. The van der Waals surface area contributed by atoms with Crippen LogP contribution in [-0.4, -0.2) is 29.6 Å². The Bertz CT molecular complexity index is 311.